The fourth-order valence-electron chi connectivity index (χ4n) is 2.31. The van der Waals surface area contributed by atoms with Gasteiger partial charge in [-0.05, 0) is 26.0 Å². The maximum Gasteiger partial charge on any atom is 0.401 e. The number of rotatable bonds is 8. The van der Waals surface area contributed by atoms with Gasteiger partial charge in [-0.15, -0.1) is 0 Å². The highest BCUT2D eigenvalue weighted by atomic mass is 19.4. The van der Waals surface area contributed by atoms with Gasteiger partial charge in [0.15, 0.2) is 0 Å². The normalized spacial score (nSPS) is 15.5. The van der Waals surface area contributed by atoms with Crippen molar-refractivity contribution >= 4 is 0 Å². The van der Waals surface area contributed by atoms with Crippen LogP contribution in [0.5, 0.6) is 5.75 Å². The lowest BCUT2D eigenvalue weighted by Gasteiger charge is -2.23. The molecule has 0 bridgehead atoms. The number of hydrogen-bond donors (Lipinski definition) is 1. The van der Waals surface area contributed by atoms with Gasteiger partial charge >= 0.3 is 6.18 Å². The molecule has 6 heteroatoms. The molecular weight excluding hydrogens is 281 g/mol. The minimum atomic E-state index is -4.15. The summed E-state index contributed by atoms with van der Waals surface area (Å²) in [5.41, 5.74) is 1.01. The van der Waals surface area contributed by atoms with Gasteiger partial charge in [-0.1, -0.05) is 18.2 Å². The van der Waals surface area contributed by atoms with Crippen LogP contribution in [-0.4, -0.2) is 43.9 Å². The number of nitrogens with one attached hydrogen (secondary N) is 1. The molecule has 0 amide bonds. The van der Waals surface area contributed by atoms with E-state index >= 15 is 0 Å². The van der Waals surface area contributed by atoms with Gasteiger partial charge in [0.2, 0.25) is 0 Å². The van der Waals surface area contributed by atoms with Gasteiger partial charge < -0.3 is 10.1 Å². The average molecular weight is 302 g/mol. The number of para-hydroxylation sites is 1. The summed E-state index contributed by atoms with van der Waals surface area (Å²) in [7, 11) is 1.84. The van der Waals surface area contributed by atoms with E-state index in [1.807, 2.05) is 31.3 Å². The Balaban J connectivity index is 1.85. The molecule has 1 aliphatic carbocycles. The fourth-order valence-corrected chi connectivity index (χ4v) is 2.31. The molecule has 0 unspecified atom stereocenters. The standard InChI is InChI=1S/C15H21F3N2O/c1-19-10-12-4-2-3-5-14(12)21-9-8-20(13-6-7-13)11-15(16,17)18/h2-5,13,19H,6-11H2,1H3. The van der Waals surface area contributed by atoms with E-state index < -0.39 is 12.7 Å². The van der Waals surface area contributed by atoms with Gasteiger partial charge in [0.1, 0.15) is 12.4 Å². The minimum Gasteiger partial charge on any atom is -0.492 e. The molecule has 0 atom stereocenters. The molecule has 0 heterocycles. The second kappa shape index (κ2) is 7.13. The van der Waals surface area contributed by atoms with Crippen LogP contribution in [0.25, 0.3) is 0 Å². The van der Waals surface area contributed by atoms with Crippen molar-refractivity contribution in [2.75, 3.05) is 26.7 Å². The first-order valence-electron chi connectivity index (χ1n) is 7.15. The molecule has 21 heavy (non-hydrogen) atoms. The molecule has 1 fully saturated rings. The summed E-state index contributed by atoms with van der Waals surface area (Å²) < 4.78 is 43.2. The van der Waals surface area contributed by atoms with Gasteiger partial charge in [0, 0.05) is 24.7 Å². The zero-order valence-electron chi connectivity index (χ0n) is 12.1. The average Bonchev–Trinajstić information content (AvgIpc) is 3.23. The van der Waals surface area contributed by atoms with Crippen molar-refractivity contribution in [1.82, 2.24) is 10.2 Å². The van der Waals surface area contributed by atoms with E-state index in [0.717, 1.165) is 24.2 Å². The first-order chi connectivity index (χ1) is 9.99. The lowest BCUT2D eigenvalue weighted by atomic mass is 10.2. The quantitative estimate of drug-likeness (QED) is 0.799. The summed E-state index contributed by atoms with van der Waals surface area (Å²) in [5.74, 6) is 0.731. The largest absolute Gasteiger partial charge is 0.492 e. The van der Waals surface area contributed by atoms with E-state index in [9.17, 15) is 13.2 Å². The van der Waals surface area contributed by atoms with Crippen LogP contribution in [0.1, 0.15) is 18.4 Å². The zero-order valence-corrected chi connectivity index (χ0v) is 12.1. The number of hydrogen-bond acceptors (Lipinski definition) is 3. The molecule has 1 N–H and O–H groups in total. The molecule has 0 aromatic heterocycles. The molecule has 0 spiro atoms. The summed E-state index contributed by atoms with van der Waals surface area (Å²) >= 11 is 0. The summed E-state index contributed by atoms with van der Waals surface area (Å²) in [6.07, 6.45) is -2.44. The van der Waals surface area contributed by atoms with Crippen molar-refractivity contribution in [3.63, 3.8) is 0 Å². The SMILES string of the molecule is CNCc1ccccc1OCCN(CC(F)(F)F)C1CC1. The van der Waals surface area contributed by atoms with Crippen molar-refractivity contribution < 1.29 is 17.9 Å². The second-order valence-electron chi connectivity index (χ2n) is 5.30. The highest BCUT2D eigenvalue weighted by Gasteiger charge is 2.37. The molecule has 1 aromatic rings. The summed E-state index contributed by atoms with van der Waals surface area (Å²) in [6.45, 7) is 0.398. The maximum absolute atomic E-state index is 12.5. The van der Waals surface area contributed by atoms with Crippen LogP contribution in [-0.2, 0) is 6.54 Å². The topological polar surface area (TPSA) is 24.5 Å². The van der Waals surface area contributed by atoms with E-state index in [-0.39, 0.29) is 12.6 Å². The van der Waals surface area contributed by atoms with Crippen LogP contribution < -0.4 is 10.1 Å². The minimum absolute atomic E-state index is 0.0720. The Hall–Kier alpha value is -1.27. The van der Waals surface area contributed by atoms with Crippen molar-refractivity contribution in [2.45, 2.75) is 31.6 Å². The van der Waals surface area contributed by atoms with Crippen molar-refractivity contribution in [2.24, 2.45) is 0 Å². The highest BCUT2D eigenvalue weighted by molar-refractivity contribution is 5.33. The van der Waals surface area contributed by atoms with Gasteiger partial charge in [-0.25, -0.2) is 0 Å². The number of nitrogens with zero attached hydrogens (tertiary/aromatic N) is 1. The molecule has 2 rings (SSSR count). The van der Waals surface area contributed by atoms with Crippen LogP contribution in [0, 0.1) is 0 Å². The molecule has 3 nitrogen and oxygen atoms in total. The number of halogens is 3. The number of benzene rings is 1. The zero-order chi connectivity index (χ0) is 15.3. The first kappa shape index (κ1) is 16.1. The fraction of sp³-hybridized carbons (Fsp3) is 0.600. The van der Waals surface area contributed by atoms with Crippen molar-refractivity contribution in [3.05, 3.63) is 29.8 Å². The monoisotopic (exact) mass is 302 g/mol. The van der Waals surface area contributed by atoms with Crippen LogP contribution in [0.3, 0.4) is 0 Å². The Labute approximate surface area is 123 Å². The smallest absolute Gasteiger partial charge is 0.401 e. The number of ether oxygens (including phenoxy) is 1. The molecule has 0 saturated heterocycles. The third kappa shape index (κ3) is 5.55. The van der Waals surface area contributed by atoms with Crippen molar-refractivity contribution in [1.29, 1.82) is 0 Å². The van der Waals surface area contributed by atoms with E-state index in [2.05, 4.69) is 5.32 Å². The van der Waals surface area contributed by atoms with Crippen LogP contribution in [0.2, 0.25) is 0 Å². The highest BCUT2D eigenvalue weighted by Crippen LogP contribution is 2.29. The predicted octanol–water partition coefficient (Wildman–Crippen LogP) is 2.81. The van der Waals surface area contributed by atoms with Gasteiger partial charge in [-0.3, -0.25) is 4.90 Å². The van der Waals surface area contributed by atoms with Gasteiger partial charge in [0.25, 0.3) is 0 Å². The van der Waals surface area contributed by atoms with Crippen LogP contribution in [0.15, 0.2) is 24.3 Å². The van der Waals surface area contributed by atoms with Gasteiger partial charge in [-0.2, -0.15) is 13.2 Å². The Morgan fingerprint density at radius 3 is 2.62 bits per heavy atom. The number of alkyl halides is 3. The van der Waals surface area contributed by atoms with E-state index in [1.165, 1.54) is 4.90 Å². The third-order valence-corrected chi connectivity index (χ3v) is 3.42. The lowest BCUT2D eigenvalue weighted by molar-refractivity contribution is -0.147. The van der Waals surface area contributed by atoms with Crippen LogP contribution in [0.4, 0.5) is 13.2 Å². The van der Waals surface area contributed by atoms with Gasteiger partial charge in [0.05, 0.1) is 6.54 Å². The lowest BCUT2D eigenvalue weighted by Crippen LogP contribution is -2.38. The Morgan fingerprint density at radius 1 is 1.29 bits per heavy atom. The maximum atomic E-state index is 12.5. The molecule has 1 aromatic carbocycles. The van der Waals surface area contributed by atoms with E-state index in [4.69, 9.17) is 4.74 Å². The third-order valence-electron chi connectivity index (χ3n) is 3.42. The Bertz CT molecular complexity index is 447. The van der Waals surface area contributed by atoms with E-state index in [0.29, 0.717) is 13.1 Å². The summed E-state index contributed by atoms with van der Waals surface area (Å²) in [4.78, 5) is 1.47. The summed E-state index contributed by atoms with van der Waals surface area (Å²) in [5, 5.41) is 3.04. The molecular formula is C15H21F3N2O. The Morgan fingerprint density at radius 2 is 2.00 bits per heavy atom. The molecule has 1 aliphatic rings. The summed E-state index contributed by atoms with van der Waals surface area (Å²) in [6, 6.07) is 7.64. The molecule has 0 radical (unpaired) electrons. The predicted molar refractivity (Wildman–Crippen MR) is 75.4 cm³/mol. The second-order valence-corrected chi connectivity index (χ2v) is 5.30. The molecule has 1 saturated carbocycles. The molecule has 118 valence electrons. The van der Waals surface area contributed by atoms with Crippen LogP contribution >= 0.6 is 0 Å². The van der Waals surface area contributed by atoms with E-state index in [1.54, 1.807) is 0 Å². The Kier molecular flexibility index (Phi) is 5.47. The molecule has 0 aliphatic heterocycles. The van der Waals surface area contributed by atoms with Crippen molar-refractivity contribution in [3.8, 4) is 5.75 Å². The first-order valence-corrected chi connectivity index (χ1v) is 7.15.